The zero-order chi connectivity index (χ0) is 13.1. The lowest BCUT2D eigenvalue weighted by atomic mass is 9.92. The summed E-state index contributed by atoms with van der Waals surface area (Å²) >= 11 is 0.959. The molecule has 0 radical (unpaired) electrons. The van der Waals surface area contributed by atoms with E-state index >= 15 is 0 Å². The largest absolute Gasteiger partial charge is 0.298 e. The summed E-state index contributed by atoms with van der Waals surface area (Å²) in [5.74, 6) is -0.199. The predicted octanol–water partition coefficient (Wildman–Crippen LogP) is 3.31. The fourth-order valence-electron chi connectivity index (χ4n) is 1.02. The summed E-state index contributed by atoms with van der Waals surface area (Å²) < 4.78 is 12.6. The summed E-state index contributed by atoms with van der Waals surface area (Å²) in [5.41, 5.74) is -0.0195. The van der Waals surface area contributed by atoms with Gasteiger partial charge in [-0.25, -0.2) is 4.39 Å². The van der Waals surface area contributed by atoms with Crippen molar-refractivity contribution < 1.29 is 14.0 Å². The van der Waals surface area contributed by atoms with Crippen molar-refractivity contribution in [3.8, 4) is 0 Å². The minimum atomic E-state index is -0.434. The van der Waals surface area contributed by atoms with Crippen LogP contribution >= 0.6 is 11.8 Å². The normalized spacial score (nSPS) is 11.3. The number of carbonyl (C=O) groups excluding carboxylic acids is 2. The highest BCUT2D eigenvalue weighted by Crippen LogP contribution is 2.20. The van der Waals surface area contributed by atoms with E-state index in [0.29, 0.717) is 5.56 Å². The summed E-state index contributed by atoms with van der Waals surface area (Å²) in [5, 5.41) is -0.206. The SMILES string of the molecule is CC(C)(C)C(=O)CSC(=O)c1ccc(F)cc1. The number of carbonyl (C=O) groups is 2. The van der Waals surface area contributed by atoms with Crippen LogP contribution in [-0.4, -0.2) is 16.7 Å². The predicted molar refractivity (Wildman–Crippen MR) is 67.7 cm³/mol. The van der Waals surface area contributed by atoms with Crippen molar-refractivity contribution >= 4 is 22.7 Å². The number of halogens is 1. The number of ketones is 1. The zero-order valence-corrected chi connectivity index (χ0v) is 10.9. The Morgan fingerprint density at radius 1 is 1.18 bits per heavy atom. The van der Waals surface area contributed by atoms with Gasteiger partial charge in [0.15, 0.2) is 0 Å². The van der Waals surface area contributed by atoms with Crippen molar-refractivity contribution in [2.24, 2.45) is 5.41 Å². The van der Waals surface area contributed by atoms with E-state index in [4.69, 9.17) is 0 Å². The molecule has 1 aromatic rings. The summed E-state index contributed by atoms with van der Waals surface area (Å²) in [6.45, 7) is 5.45. The molecule has 0 saturated carbocycles. The number of benzene rings is 1. The Morgan fingerprint density at radius 3 is 2.18 bits per heavy atom. The molecule has 0 aliphatic rings. The number of hydrogen-bond acceptors (Lipinski definition) is 3. The Bertz CT molecular complexity index is 418. The second-order valence-corrected chi connectivity index (χ2v) is 5.70. The van der Waals surface area contributed by atoms with Gasteiger partial charge in [0.2, 0.25) is 5.12 Å². The van der Waals surface area contributed by atoms with Crippen LogP contribution in [-0.2, 0) is 4.79 Å². The van der Waals surface area contributed by atoms with Gasteiger partial charge >= 0.3 is 0 Å². The van der Waals surface area contributed by atoms with Crippen molar-refractivity contribution in [2.75, 3.05) is 5.75 Å². The third kappa shape index (κ3) is 4.30. The summed E-state index contributed by atoms with van der Waals surface area (Å²) in [6.07, 6.45) is 0. The van der Waals surface area contributed by atoms with Crippen LogP contribution in [0.5, 0.6) is 0 Å². The molecular weight excluding hydrogens is 239 g/mol. The monoisotopic (exact) mass is 254 g/mol. The number of Topliss-reactive ketones (excluding diaryl/α,β-unsaturated/α-hetero) is 1. The van der Waals surface area contributed by atoms with Crippen LogP contribution in [0.25, 0.3) is 0 Å². The highest BCUT2D eigenvalue weighted by atomic mass is 32.2. The maximum Gasteiger partial charge on any atom is 0.219 e. The summed E-state index contributed by atoms with van der Waals surface area (Å²) in [7, 11) is 0. The third-order valence-electron chi connectivity index (χ3n) is 2.25. The van der Waals surface area contributed by atoms with Crippen LogP contribution in [0.1, 0.15) is 31.1 Å². The van der Waals surface area contributed by atoms with Gasteiger partial charge in [-0.2, -0.15) is 0 Å². The zero-order valence-electron chi connectivity index (χ0n) is 10.1. The number of thioether (sulfide) groups is 1. The quantitative estimate of drug-likeness (QED) is 0.829. The molecule has 1 rings (SSSR count). The Balaban J connectivity index is 2.56. The van der Waals surface area contributed by atoms with E-state index in [2.05, 4.69) is 0 Å². The van der Waals surface area contributed by atoms with Gasteiger partial charge in [0.25, 0.3) is 0 Å². The highest BCUT2D eigenvalue weighted by Gasteiger charge is 2.22. The first kappa shape index (κ1) is 13.9. The Morgan fingerprint density at radius 2 is 1.71 bits per heavy atom. The first-order valence-electron chi connectivity index (χ1n) is 5.26. The van der Waals surface area contributed by atoms with Gasteiger partial charge in [-0.05, 0) is 24.3 Å². The average Bonchev–Trinajstić information content (AvgIpc) is 2.25. The van der Waals surface area contributed by atoms with E-state index < -0.39 is 5.41 Å². The molecule has 0 aliphatic carbocycles. The second kappa shape index (κ2) is 5.45. The molecule has 0 fully saturated rings. The van der Waals surface area contributed by atoms with E-state index in [1.54, 1.807) is 0 Å². The molecule has 4 heteroatoms. The van der Waals surface area contributed by atoms with Gasteiger partial charge in [-0.3, -0.25) is 9.59 Å². The van der Waals surface area contributed by atoms with Crippen LogP contribution in [0.4, 0.5) is 4.39 Å². The van der Waals surface area contributed by atoms with Crippen molar-refractivity contribution in [3.63, 3.8) is 0 Å². The molecule has 0 aromatic heterocycles. The topological polar surface area (TPSA) is 34.1 Å². The number of hydrogen-bond donors (Lipinski definition) is 0. The molecular formula is C13H15FO2S. The van der Waals surface area contributed by atoms with Gasteiger partial charge in [-0.15, -0.1) is 0 Å². The van der Waals surface area contributed by atoms with Crippen LogP contribution in [0, 0.1) is 11.2 Å². The van der Waals surface area contributed by atoms with Gasteiger partial charge in [0, 0.05) is 11.0 Å². The smallest absolute Gasteiger partial charge is 0.219 e. The molecule has 0 heterocycles. The molecule has 1 aromatic carbocycles. The van der Waals surface area contributed by atoms with Crippen molar-refractivity contribution in [3.05, 3.63) is 35.6 Å². The fourth-order valence-corrected chi connectivity index (χ4v) is 2.01. The van der Waals surface area contributed by atoms with Crippen LogP contribution in [0.15, 0.2) is 24.3 Å². The Kier molecular flexibility index (Phi) is 4.46. The van der Waals surface area contributed by atoms with E-state index in [0.717, 1.165) is 11.8 Å². The average molecular weight is 254 g/mol. The second-order valence-electron chi connectivity index (χ2n) is 4.76. The molecule has 0 amide bonds. The van der Waals surface area contributed by atoms with Crippen LogP contribution < -0.4 is 0 Å². The Labute approximate surface area is 105 Å². The van der Waals surface area contributed by atoms with Gasteiger partial charge in [0.05, 0.1) is 5.75 Å². The van der Waals surface area contributed by atoms with Crippen molar-refractivity contribution in [1.82, 2.24) is 0 Å². The molecule has 17 heavy (non-hydrogen) atoms. The third-order valence-corrected chi connectivity index (χ3v) is 3.16. The molecule has 0 N–H and O–H groups in total. The fraction of sp³-hybridized carbons (Fsp3) is 0.385. The van der Waals surface area contributed by atoms with Crippen molar-refractivity contribution in [1.29, 1.82) is 0 Å². The molecule has 0 spiro atoms. The lowest BCUT2D eigenvalue weighted by molar-refractivity contribution is -0.123. The standard InChI is InChI=1S/C13H15FO2S/c1-13(2,3)11(15)8-17-12(16)9-4-6-10(14)7-5-9/h4-7H,8H2,1-3H3. The molecule has 0 bridgehead atoms. The van der Waals surface area contributed by atoms with Gasteiger partial charge in [0.1, 0.15) is 11.6 Å². The molecule has 0 aliphatic heterocycles. The van der Waals surface area contributed by atoms with Crippen LogP contribution in [0.3, 0.4) is 0 Å². The molecule has 0 unspecified atom stereocenters. The maximum atomic E-state index is 12.6. The van der Waals surface area contributed by atoms with Gasteiger partial charge < -0.3 is 0 Å². The summed E-state index contributed by atoms with van der Waals surface area (Å²) in [6, 6.07) is 5.32. The first-order valence-corrected chi connectivity index (χ1v) is 6.25. The van der Waals surface area contributed by atoms with Crippen LogP contribution in [0.2, 0.25) is 0 Å². The van der Waals surface area contributed by atoms with Gasteiger partial charge in [-0.1, -0.05) is 32.5 Å². The minimum Gasteiger partial charge on any atom is -0.298 e. The Hall–Kier alpha value is -1.16. The van der Waals surface area contributed by atoms with E-state index in [1.165, 1.54) is 24.3 Å². The lowest BCUT2D eigenvalue weighted by Crippen LogP contribution is -2.22. The number of rotatable bonds is 3. The highest BCUT2D eigenvalue weighted by molar-refractivity contribution is 8.14. The minimum absolute atomic E-state index is 0.0259. The summed E-state index contributed by atoms with van der Waals surface area (Å²) in [4.78, 5) is 23.3. The first-order chi connectivity index (χ1) is 7.80. The molecule has 0 saturated heterocycles. The molecule has 2 nitrogen and oxygen atoms in total. The lowest BCUT2D eigenvalue weighted by Gasteiger charge is -2.15. The maximum absolute atomic E-state index is 12.6. The van der Waals surface area contributed by atoms with Crippen molar-refractivity contribution in [2.45, 2.75) is 20.8 Å². The van der Waals surface area contributed by atoms with E-state index in [1.807, 2.05) is 20.8 Å². The molecule has 92 valence electrons. The van der Waals surface area contributed by atoms with E-state index in [-0.39, 0.29) is 22.5 Å². The molecule has 0 atom stereocenters. The van der Waals surface area contributed by atoms with E-state index in [9.17, 15) is 14.0 Å².